The highest BCUT2D eigenvalue weighted by atomic mass is 16.2. The lowest BCUT2D eigenvalue weighted by molar-refractivity contribution is -0.134. The third-order valence-electron chi connectivity index (χ3n) is 11.4. The van der Waals surface area contributed by atoms with Crippen molar-refractivity contribution in [2.75, 3.05) is 68.5 Å². The van der Waals surface area contributed by atoms with Gasteiger partial charge in [0.1, 0.15) is 17.2 Å². The number of piperidine rings is 2. The second-order valence-corrected chi connectivity index (χ2v) is 14.9. The fraction of sp³-hybridized carbons (Fsp3) is 0.487. The number of fused-ring (bicyclic) bond motifs is 1. The number of carbonyl (C=O) groups excluding carboxylic acids is 3. The van der Waals surface area contributed by atoms with Crippen molar-refractivity contribution in [2.24, 2.45) is 0 Å². The van der Waals surface area contributed by atoms with Crippen LogP contribution >= 0.6 is 0 Å². The zero-order valence-electron chi connectivity index (χ0n) is 30.1. The normalized spacial score (nSPS) is 20.8. The molecule has 4 fully saturated rings. The highest BCUT2D eigenvalue weighted by molar-refractivity contribution is 6.01. The molecule has 0 spiro atoms. The van der Waals surface area contributed by atoms with E-state index in [0.29, 0.717) is 36.3 Å². The molecule has 3 aromatic heterocycles. The maximum absolute atomic E-state index is 13.1. The van der Waals surface area contributed by atoms with Crippen molar-refractivity contribution in [3.63, 3.8) is 0 Å². The van der Waals surface area contributed by atoms with Crippen molar-refractivity contribution < 1.29 is 14.4 Å². The maximum atomic E-state index is 13.1. The maximum Gasteiger partial charge on any atom is 0.270 e. The summed E-state index contributed by atoms with van der Waals surface area (Å²) in [6.45, 7) is 6.00. The zero-order valence-corrected chi connectivity index (χ0v) is 30.1. The third-order valence-corrected chi connectivity index (χ3v) is 11.4. The van der Waals surface area contributed by atoms with Gasteiger partial charge in [0.05, 0.1) is 17.8 Å². The Balaban J connectivity index is 0.839. The van der Waals surface area contributed by atoms with Crippen LogP contribution < -0.4 is 20.4 Å². The number of aromatic nitrogens is 4. The van der Waals surface area contributed by atoms with Crippen molar-refractivity contribution in [2.45, 2.75) is 69.4 Å². The van der Waals surface area contributed by atoms with E-state index >= 15 is 0 Å². The fourth-order valence-corrected chi connectivity index (χ4v) is 8.52. The minimum absolute atomic E-state index is 0.0180. The number of carbonyl (C=O) groups is 3. The van der Waals surface area contributed by atoms with E-state index in [1.54, 1.807) is 25.2 Å². The average molecular weight is 705 g/mol. The van der Waals surface area contributed by atoms with Gasteiger partial charge in [-0.15, -0.1) is 0 Å². The van der Waals surface area contributed by atoms with E-state index in [9.17, 15) is 14.4 Å². The number of hydrogen-bond acceptors (Lipinski definition) is 10. The van der Waals surface area contributed by atoms with Crippen LogP contribution in [0.5, 0.6) is 0 Å². The van der Waals surface area contributed by atoms with Crippen molar-refractivity contribution >= 4 is 51.9 Å². The number of pyridine rings is 1. The van der Waals surface area contributed by atoms with E-state index in [1.165, 1.54) is 5.69 Å². The summed E-state index contributed by atoms with van der Waals surface area (Å²) >= 11 is 0. The Morgan fingerprint density at radius 2 is 1.52 bits per heavy atom. The summed E-state index contributed by atoms with van der Waals surface area (Å²) in [5.74, 6) is 0.531. The van der Waals surface area contributed by atoms with Crippen LogP contribution in [0, 0.1) is 0 Å². The molecule has 6 heterocycles. The van der Waals surface area contributed by atoms with Gasteiger partial charge in [-0.05, 0) is 68.0 Å². The number of benzene rings is 1. The van der Waals surface area contributed by atoms with Gasteiger partial charge in [0.25, 0.3) is 5.91 Å². The van der Waals surface area contributed by atoms with Crippen molar-refractivity contribution in [3.05, 3.63) is 66.1 Å². The van der Waals surface area contributed by atoms with Gasteiger partial charge in [-0.1, -0.05) is 25.0 Å². The van der Waals surface area contributed by atoms with Crippen LogP contribution in [0.15, 0.2) is 54.9 Å². The highest BCUT2D eigenvalue weighted by Gasteiger charge is 2.30. The number of rotatable bonds is 8. The molecule has 0 unspecified atom stereocenters. The first-order valence-electron chi connectivity index (χ1n) is 18.8. The summed E-state index contributed by atoms with van der Waals surface area (Å²) in [5.41, 5.74) is 4.74. The summed E-state index contributed by atoms with van der Waals surface area (Å²) in [5, 5.41) is 6.63. The van der Waals surface area contributed by atoms with Gasteiger partial charge in [0.15, 0.2) is 0 Å². The SMILES string of the molecule is CN(C)C(=O)c1cc2cnc(Nc3ccc(N4CCN(C5CCN(c6ccc([C@H]7CCC(=O)NC7=O)cc6)CC5)CC4)cn3)nc2n1C1CCCC1. The minimum atomic E-state index is -0.242. The molecule has 3 saturated heterocycles. The first-order chi connectivity index (χ1) is 25.3. The minimum Gasteiger partial charge on any atom is -0.371 e. The van der Waals surface area contributed by atoms with Gasteiger partial charge in [0.2, 0.25) is 17.8 Å². The second kappa shape index (κ2) is 14.5. The average Bonchev–Trinajstić information content (AvgIpc) is 3.83. The lowest BCUT2D eigenvalue weighted by atomic mass is 9.90. The topological polar surface area (TPSA) is 132 Å². The number of anilines is 4. The highest BCUT2D eigenvalue weighted by Crippen LogP contribution is 2.35. The van der Waals surface area contributed by atoms with E-state index in [-0.39, 0.29) is 29.7 Å². The summed E-state index contributed by atoms with van der Waals surface area (Å²) < 4.78 is 2.13. The Morgan fingerprint density at radius 3 is 2.19 bits per heavy atom. The lowest BCUT2D eigenvalue weighted by Crippen LogP contribution is -2.53. The molecule has 4 aliphatic rings. The monoisotopic (exact) mass is 704 g/mol. The molecule has 52 heavy (non-hydrogen) atoms. The van der Waals surface area contributed by atoms with Gasteiger partial charge < -0.3 is 24.6 Å². The molecule has 1 aromatic carbocycles. The quantitative estimate of drug-likeness (QED) is 0.249. The number of hydrogen-bond donors (Lipinski definition) is 2. The molecule has 1 saturated carbocycles. The molecular formula is C39H48N10O3. The van der Waals surface area contributed by atoms with Crippen molar-refractivity contribution in [3.8, 4) is 0 Å². The Morgan fingerprint density at radius 1 is 0.808 bits per heavy atom. The van der Waals surface area contributed by atoms with Gasteiger partial charge in [-0.2, -0.15) is 4.98 Å². The molecule has 0 bridgehead atoms. The number of imide groups is 1. The van der Waals surface area contributed by atoms with Gasteiger partial charge in [-0.3, -0.25) is 24.6 Å². The number of nitrogens with zero attached hydrogens (tertiary/aromatic N) is 8. The number of nitrogens with one attached hydrogen (secondary N) is 2. The van der Waals surface area contributed by atoms with Crippen molar-refractivity contribution in [1.29, 1.82) is 0 Å². The Hall–Kier alpha value is -5.04. The Bertz CT molecular complexity index is 1920. The first-order valence-corrected chi connectivity index (χ1v) is 18.8. The van der Waals surface area contributed by atoms with E-state index in [4.69, 9.17) is 9.97 Å². The van der Waals surface area contributed by atoms with Crippen LogP contribution in [0.1, 0.15) is 79.4 Å². The first kappa shape index (κ1) is 34.1. The van der Waals surface area contributed by atoms with Crippen molar-refractivity contribution in [1.82, 2.24) is 34.6 Å². The molecule has 1 atom stereocenters. The van der Waals surface area contributed by atoms with Crippen LogP contribution in [0.25, 0.3) is 11.0 Å². The Kier molecular flexibility index (Phi) is 9.52. The molecular weight excluding hydrogens is 656 g/mol. The lowest BCUT2D eigenvalue weighted by Gasteiger charge is -2.43. The van der Waals surface area contributed by atoms with Crippen LogP contribution in [-0.2, 0) is 9.59 Å². The summed E-state index contributed by atoms with van der Waals surface area (Å²) in [6.07, 6.45) is 11.4. The van der Waals surface area contributed by atoms with Gasteiger partial charge in [0, 0.05) is 89.1 Å². The number of amides is 3. The van der Waals surface area contributed by atoms with Crippen LogP contribution in [-0.4, -0.2) is 106 Å². The molecule has 1 aliphatic carbocycles. The van der Waals surface area contributed by atoms with Crippen LogP contribution in [0.4, 0.5) is 23.1 Å². The molecule has 8 rings (SSSR count). The van der Waals surface area contributed by atoms with E-state index in [0.717, 1.165) is 100 Å². The smallest absolute Gasteiger partial charge is 0.270 e. The molecule has 3 amide bonds. The van der Waals surface area contributed by atoms with Crippen LogP contribution in [0.3, 0.4) is 0 Å². The molecule has 4 aromatic rings. The zero-order chi connectivity index (χ0) is 35.8. The fourth-order valence-electron chi connectivity index (χ4n) is 8.52. The second-order valence-electron chi connectivity index (χ2n) is 14.9. The van der Waals surface area contributed by atoms with Gasteiger partial charge in [-0.25, -0.2) is 9.97 Å². The summed E-state index contributed by atoms with van der Waals surface area (Å²) in [6, 6.07) is 15.2. The summed E-state index contributed by atoms with van der Waals surface area (Å²) in [4.78, 5) is 60.2. The predicted molar refractivity (Wildman–Crippen MR) is 201 cm³/mol. The van der Waals surface area contributed by atoms with E-state index in [2.05, 4.69) is 53.1 Å². The summed E-state index contributed by atoms with van der Waals surface area (Å²) in [7, 11) is 3.57. The van der Waals surface area contributed by atoms with Crippen LogP contribution in [0.2, 0.25) is 0 Å². The number of piperazine rings is 1. The molecule has 3 aliphatic heterocycles. The van der Waals surface area contributed by atoms with Gasteiger partial charge >= 0.3 is 0 Å². The standard InChI is InChI=1S/C39H48N10O3/c1-45(2)38(52)33-23-27-24-41-39(44-36(27)49(33)30-5-3-4-6-30)42-34-13-11-31(25-40-34)48-21-19-47(20-22-48)29-15-17-46(18-16-29)28-9-7-26(8-10-28)32-12-14-35(50)43-37(32)51/h7-11,13,23-25,29-30,32H,3-6,12,14-22H2,1-2H3,(H,43,50,51)(H,40,41,42,44)/t32-/m1/s1. The largest absolute Gasteiger partial charge is 0.371 e. The van der Waals surface area contributed by atoms with E-state index < -0.39 is 0 Å². The molecule has 272 valence electrons. The Labute approximate surface area is 304 Å². The molecule has 13 nitrogen and oxygen atoms in total. The molecule has 2 N–H and O–H groups in total. The third kappa shape index (κ3) is 6.93. The predicted octanol–water partition coefficient (Wildman–Crippen LogP) is 4.70. The van der Waals surface area contributed by atoms with E-state index in [1.807, 2.05) is 30.5 Å². The molecule has 0 radical (unpaired) electrons. The molecule has 13 heteroatoms.